The number of halogens is 1. The second kappa shape index (κ2) is 13.1. The van der Waals surface area contributed by atoms with Gasteiger partial charge < -0.3 is 18.7 Å². The maximum Gasteiger partial charge on any atom is 0.178 e. The highest BCUT2D eigenvalue weighted by Gasteiger charge is 2.23. The van der Waals surface area contributed by atoms with Gasteiger partial charge in [-0.15, -0.1) is 0 Å². The van der Waals surface area contributed by atoms with Crippen LogP contribution in [0.3, 0.4) is 0 Å². The first-order valence-corrected chi connectivity index (χ1v) is 13.4. The summed E-state index contributed by atoms with van der Waals surface area (Å²) in [6, 6.07) is 12.4. The van der Waals surface area contributed by atoms with E-state index in [1.807, 2.05) is 19.1 Å². The molecule has 4 rings (SSSR count). The van der Waals surface area contributed by atoms with Crippen molar-refractivity contribution in [2.24, 2.45) is 0 Å². The molecule has 1 aliphatic heterocycles. The van der Waals surface area contributed by atoms with Crippen molar-refractivity contribution in [1.29, 1.82) is 0 Å². The molecule has 6 nitrogen and oxygen atoms in total. The van der Waals surface area contributed by atoms with Gasteiger partial charge in [-0.3, -0.25) is 4.90 Å². The first-order valence-electron chi connectivity index (χ1n) is 13.1. The minimum absolute atomic E-state index is 0.532. The van der Waals surface area contributed by atoms with E-state index >= 15 is 0 Å². The van der Waals surface area contributed by atoms with Gasteiger partial charge in [0.15, 0.2) is 5.76 Å². The average Bonchev–Trinajstić information content (AvgIpc) is 3.27. The molecule has 0 radical (unpaired) electrons. The molecule has 0 atom stereocenters. The first kappa shape index (κ1) is 26.5. The fourth-order valence-electron chi connectivity index (χ4n) is 4.33. The van der Waals surface area contributed by atoms with Crippen molar-refractivity contribution in [3.8, 4) is 33.9 Å². The summed E-state index contributed by atoms with van der Waals surface area (Å²) in [5, 5.41) is 4.87. The Hall–Kier alpha value is -2.54. The van der Waals surface area contributed by atoms with E-state index in [2.05, 4.69) is 48.2 Å². The molecule has 1 aromatic heterocycles. The molecule has 2 heterocycles. The largest absolute Gasteiger partial charge is 0.493 e. The summed E-state index contributed by atoms with van der Waals surface area (Å²) in [5.41, 5.74) is 4.88. The van der Waals surface area contributed by atoms with E-state index in [0.29, 0.717) is 35.5 Å². The zero-order chi connectivity index (χ0) is 25.3. The van der Waals surface area contributed by atoms with Gasteiger partial charge in [-0.1, -0.05) is 61.6 Å². The third-order valence-corrected chi connectivity index (χ3v) is 6.67. The molecule has 0 bridgehead atoms. The molecule has 1 fully saturated rings. The van der Waals surface area contributed by atoms with Gasteiger partial charge in [0.1, 0.15) is 11.5 Å². The highest BCUT2D eigenvalue weighted by atomic mass is 35.5. The molecule has 2 aromatic carbocycles. The standard InChI is InChI=1S/C29H37ClN2O4/c1-4-6-13-34-26-19-27(35-14-7-5-2)25(30)18-24(26)29-28(21(3)31-36-29)23-10-8-9-22(17-23)20-32-11-15-33-16-12-32/h8-10,17-19H,4-7,11-16,20H2,1-3H3. The van der Waals surface area contributed by atoms with Crippen LogP contribution in [0.25, 0.3) is 22.5 Å². The number of rotatable bonds is 12. The van der Waals surface area contributed by atoms with Crippen LogP contribution >= 0.6 is 11.6 Å². The fourth-order valence-corrected chi connectivity index (χ4v) is 4.55. The minimum Gasteiger partial charge on any atom is -0.493 e. The number of benzene rings is 2. The van der Waals surface area contributed by atoms with E-state index in [4.69, 9.17) is 30.3 Å². The van der Waals surface area contributed by atoms with E-state index in [-0.39, 0.29) is 0 Å². The lowest BCUT2D eigenvalue weighted by molar-refractivity contribution is 0.0342. The van der Waals surface area contributed by atoms with Crippen LogP contribution in [0.2, 0.25) is 5.02 Å². The van der Waals surface area contributed by atoms with Gasteiger partial charge in [0.05, 0.1) is 48.3 Å². The summed E-state index contributed by atoms with van der Waals surface area (Å²) in [4.78, 5) is 2.42. The van der Waals surface area contributed by atoms with E-state index in [0.717, 1.165) is 80.9 Å². The first-order chi connectivity index (χ1) is 17.6. The number of unbranched alkanes of at least 4 members (excludes halogenated alkanes) is 2. The number of aromatic nitrogens is 1. The van der Waals surface area contributed by atoms with Crippen LogP contribution in [0.15, 0.2) is 40.9 Å². The molecule has 1 aliphatic rings. The molecule has 0 spiro atoms. The molecule has 0 N–H and O–H groups in total. The molecule has 0 unspecified atom stereocenters. The maximum absolute atomic E-state index is 6.67. The van der Waals surface area contributed by atoms with E-state index in [1.54, 1.807) is 0 Å². The van der Waals surface area contributed by atoms with E-state index < -0.39 is 0 Å². The molecular weight excluding hydrogens is 476 g/mol. The minimum atomic E-state index is 0.532. The Bertz CT molecular complexity index is 1120. The predicted molar refractivity (Wildman–Crippen MR) is 144 cm³/mol. The molecule has 0 saturated carbocycles. The number of morpholine rings is 1. The lowest BCUT2D eigenvalue weighted by atomic mass is 9.97. The summed E-state index contributed by atoms with van der Waals surface area (Å²) in [6.07, 6.45) is 4.03. The monoisotopic (exact) mass is 512 g/mol. The van der Waals surface area contributed by atoms with Crippen molar-refractivity contribution in [2.75, 3.05) is 39.5 Å². The van der Waals surface area contributed by atoms with Crippen LogP contribution in [0.4, 0.5) is 0 Å². The van der Waals surface area contributed by atoms with Crippen LogP contribution in [0.1, 0.15) is 50.8 Å². The molecule has 0 aliphatic carbocycles. The summed E-state index contributed by atoms with van der Waals surface area (Å²) in [7, 11) is 0. The Kier molecular flexibility index (Phi) is 9.67. The Labute approximate surface area is 219 Å². The van der Waals surface area contributed by atoms with Crippen LogP contribution in [-0.2, 0) is 11.3 Å². The summed E-state index contributed by atoms with van der Waals surface area (Å²) in [6.45, 7) is 11.8. The zero-order valence-corrected chi connectivity index (χ0v) is 22.4. The third kappa shape index (κ3) is 6.61. The highest BCUT2D eigenvalue weighted by molar-refractivity contribution is 6.32. The second-order valence-electron chi connectivity index (χ2n) is 9.24. The molecular formula is C29H37ClN2O4. The van der Waals surface area contributed by atoms with E-state index in [1.165, 1.54) is 5.56 Å². The number of aryl methyl sites for hydroxylation is 1. The van der Waals surface area contributed by atoms with Gasteiger partial charge in [0.2, 0.25) is 0 Å². The van der Waals surface area contributed by atoms with Gasteiger partial charge in [-0.05, 0) is 43.0 Å². The quantitative estimate of drug-likeness (QED) is 0.240. The number of hydrogen-bond donors (Lipinski definition) is 0. The van der Waals surface area contributed by atoms with Gasteiger partial charge in [0, 0.05) is 25.7 Å². The maximum atomic E-state index is 6.67. The zero-order valence-electron chi connectivity index (χ0n) is 21.6. The summed E-state index contributed by atoms with van der Waals surface area (Å²) < 4.78 is 23.6. The predicted octanol–water partition coefficient (Wildman–Crippen LogP) is 7.16. The highest BCUT2D eigenvalue weighted by Crippen LogP contribution is 2.44. The van der Waals surface area contributed by atoms with Crippen molar-refractivity contribution in [1.82, 2.24) is 10.1 Å². The van der Waals surface area contributed by atoms with Crippen LogP contribution in [0, 0.1) is 6.92 Å². The second-order valence-corrected chi connectivity index (χ2v) is 9.65. The van der Waals surface area contributed by atoms with Gasteiger partial charge in [-0.25, -0.2) is 0 Å². The molecule has 1 saturated heterocycles. The average molecular weight is 513 g/mol. The third-order valence-electron chi connectivity index (χ3n) is 6.38. The smallest absolute Gasteiger partial charge is 0.178 e. The fraction of sp³-hybridized carbons (Fsp3) is 0.483. The molecule has 0 amide bonds. The molecule has 7 heteroatoms. The SMILES string of the molecule is CCCCOc1cc(OCCCC)c(-c2onc(C)c2-c2cccc(CN3CCOCC3)c2)cc1Cl. The van der Waals surface area contributed by atoms with Crippen molar-refractivity contribution >= 4 is 11.6 Å². The number of nitrogens with zero attached hydrogens (tertiary/aromatic N) is 2. The molecule has 36 heavy (non-hydrogen) atoms. The Morgan fingerprint density at radius 2 is 1.69 bits per heavy atom. The van der Waals surface area contributed by atoms with Crippen LogP contribution in [-0.4, -0.2) is 49.6 Å². The Morgan fingerprint density at radius 3 is 2.42 bits per heavy atom. The summed E-state index contributed by atoms with van der Waals surface area (Å²) >= 11 is 6.67. The van der Waals surface area contributed by atoms with Crippen LogP contribution < -0.4 is 9.47 Å². The van der Waals surface area contributed by atoms with Gasteiger partial charge in [0.25, 0.3) is 0 Å². The normalized spacial score (nSPS) is 14.2. The van der Waals surface area contributed by atoms with Crippen molar-refractivity contribution in [3.63, 3.8) is 0 Å². The molecule has 194 valence electrons. The van der Waals surface area contributed by atoms with Crippen molar-refractivity contribution in [2.45, 2.75) is 53.0 Å². The van der Waals surface area contributed by atoms with Gasteiger partial charge in [-0.2, -0.15) is 0 Å². The van der Waals surface area contributed by atoms with Crippen LogP contribution in [0.5, 0.6) is 11.5 Å². The lowest BCUT2D eigenvalue weighted by Crippen LogP contribution is -2.35. The number of hydrogen-bond acceptors (Lipinski definition) is 6. The van der Waals surface area contributed by atoms with Gasteiger partial charge >= 0.3 is 0 Å². The van der Waals surface area contributed by atoms with Crippen molar-refractivity contribution < 1.29 is 18.7 Å². The number of ether oxygens (including phenoxy) is 3. The van der Waals surface area contributed by atoms with Crippen molar-refractivity contribution in [3.05, 3.63) is 52.7 Å². The Balaban J connectivity index is 1.69. The Morgan fingerprint density at radius 1 is 0.972 bits per heavy atom. The van der Waals surface area contributed by atoms with E-state index in [9.17, 15) is 0 Å². The topological polar surface area (TPSA) is 57.0 Å². The molecule has 3 aromatic rings. The lowest BCUT2D eigenvalue weighted by Gasteiger charge is -2.26. The summed E-state index contributed by atoms with van der Waals surface area (Å²) in [5.74, 6) is 1.98.